The van der Waals surface area contributed by atoms with Crippen LogP contribution in [0.2, 0.25) is 0 Å². The van der Waals surface area contributed by atoms with Gasteiger partial charge in [-0.25, -0.2) is 4.98 Å². The molecule has 0 spiro atoms. The molecule has 0 fully saturated rings. The SMILES string of the molecule is CCOc1ccc(-c2cc(N)nc(N)n2)cc1OCC. The van der Waals surface area contributed by atoms with Gasteiger partial charge in [0.05, 0.1) is 18.9 Å². The van der Waals surface area contributed by atoms with Crippen molar-refractivity contribution in [1.82, 2.24) is 9.97 Å². The van der Waals surface area contributed by atoms with Gasteiger partial charge in [-0.1, -0.05) is 0 Å². The van der Waals surface area contributed by atoms with Crippen LogP contribution >= 0.6 is 0 Å². The molecule has 0 radical (unpaired) electrons. The van der Waals surface area contributed by atoms with Crippen LogP contribution in [0.1, 0.15) is 13.8 Å². The Morgan fingerprint density at radius 3 is 2.30 bits per heavy atom. The summed E-state index contributed by atoms with van der Waals surface area (Å²) < 4.78 is 11.1. The lowest BCUT2D eigenvalue weighted by Crippen LogP contribution is -2.01. The molecule has 6 heteroatoms. The molecule has 1 aromatic heterocycles. The van der Waals surface area contributed by atoms with Gasteiger partial charge in [-0.2, -0.15) is 4.98 Å². The predicted molar refractivity (Wildman–Crippen MR) is 78.6 cm³/mol. The molecule has 0 amide bonds. The molecule has 0 atom stereocenters. The highest BCUT2D eigenvalue weighted by molar-refractivity contribution is 5.66. The summed E-state index contributed by atoms with van der Waals surface area (Å²) in [5, 5.41) is 0. The Morgan fingerprint density at radius 1 is 0.950 bits per heavy atom. The van der Waals surface area contributed by atoms with Crippen molar-refractivity contribution in [1.29, 1.82) is 0 Å². The topological polar surface area (TPSA) is 96.3 Å². The Balaban J connectivity index is 2.43. The second kappa shape index (κ2) is 6.10. The van der Waals surface area contributed by atoms with E-state index in [1.54, 1.807) is 6.07 Å². The third-order valence-electron chi connectivity index (χ3n) is 2.60. The summed E-state index contributed by atoms with van der Waals surface area (Å²) in [5.41, 5.74) is 12.8. The fraction of sp³-hybridized carbons (Fsp3) is 0.286. The normalized spacial score (nSPS) is 10.3. The van der Waals surface area contributed by atoms with Crippen molar-refractivity contribution >= 4 is 11.8 Å². The first-order valence-electron chi connectivity index (χ1n) is 6.44. The molecule has 0 saturated heterocycles. The number of rotatable bonds is 5. The average Bonchev–Trinajstić information content (AvgIpc) is 2.40. The minimum atomic E-state index is 0.145. The molecule has 0 unspecified atom stereocenters. The van der Waals surface area contributed by atoms with E-state index in [0.29, 0.717) is 36.2 Å². The molecule has 1 heterocycles. The van der Waals surface area contributed by atoms with E-state index in [2.05, 4.69) is 9.97 Å². The van der Waals surface area contributed by atoms with Gasteiger partial charge in [-0.05, 0) is 32.0 Å². The van der Waals surface area contributed by atoms with Crippen molar-refractivity contribution in [3.8, 4) is 22.8 Å². The van der Waals surface area contributed by atoms with Crippen molar-refractivity contribution in [2.24, 2.45) is 0 Å². The second-order valence-corrected chi connectivity index (χ2v) is 4.06. The quantitative estimate of drug-likeness (QED) is 0.866. The monoisotopic (exact) mass is 274 g/mol. The van der Waals surface area contributed by atoms with E-state index in [-0.39, 0.29) is 5.95 Å². The molecular weight excluding hydrogens is 256 g/mol. The maximum absolute atomic E-state index is 5.68. The highest BCUT2D eigenvalue weighted by atomic mass is 16.5. The molecule has 0 aliphatic rings. The molecule has 2 aromatic rings. The van der Waals surface area contributed by atoms with Gasteiger partial charge in [-0.15, -0.1) is 0 Å². The lowest BCUT2D eigenvalue weighted by Gasteiger charge is -2.12. The van der Waals surface area contributed by atoms with Gasteiger partial charge in [0.25, 0.3) is 0 Å². The fourth-order valence-electron chi connectivity index (χ4n) is 1.84. The zero-order valence-corrected chi connectivity index (χ0v) is 11.6. The number of nitrogens with zero attached hydrogens (tertiary/aromatic N) is 2. The third-order valence-corrected chi connectivity index (χ3v) is 2.60. The Hall–Kier alpha value is -2.50. The zero-order chi connectivity index (χ0) is 14.5. The van der Waals surface area contributed by atoms with Gasteiger partial charge >= 0.3 is 0 Å². The number of hydrogen-bond acceptors (Lipinski definition) is 6. The number of aromatic nitrogens is 2. The fourth-order valence-corrected chi connectivity index (χ4v) is 1.84. The van der Waals surface area contributed by atoms with Crippen LogP contribution in [0.4, 0.5) is 11.8 Å². The highest BCUT2D eigenvalue weighted by Gasteiger charge is 2.09. The van der Waals surface area contributed by atoms with Crippen LogP contribution in [0, 0.1) is 0 Å². The van der Waals surface area contributed by atoms with Crippen molar-refractivity contribution in [3.05, 3.63) is 24.3 Å². The number of benzene rings is 1. The van der Waals surface area contributed by atoms with Crippen LogP contribution in [0.25, 0.3) is 11.3 Å². The first-order valence-corrected chi connectivity index (χ1v) is 6.44. The maximum atomic E-state index is 5.68. The van der Waals surface area contributed by atoms with E-state index < -0.39 is 0 Å². The van der Waals surface area contributed by atoms with Crippen LogP contribution in [0.5, 0.6) is 11.5 Å². The summed E-state index contributed by atoms with van der Waals surface area (Å²) in [4.78, 5) is 8.03. The lowest BCUT2D eigenvalue weighted by molar-refractivity contribution is 0.288. The molecule has 2 rings (SSSR count). The minimum Gasteiger partial charge on any atom is -0.490 e. The molecule has 0 saturated carbocycles. The molecule has 0 bridgehead atoms. The Morgan fingerprint density at radius 2 is 1.65 bits per heavy atom. The van der Waals surface area contributed by atoms with E-state index >= 15 is 0 Å². The van der Waals surface area contributed by atoms with Gasteiger partial charge in [-0.3, -0.25) is 0 Å². The Bertz CT molecular complexity index is 581. The summed E-state index contributed by atoms with van der Waals surface area (Å²) in [6.45, 7) is 4.98. The van der Waals surface area contributed by atoms with Crippen LogP contribution in [-0.2, 0) is 0 Å². The molecule has 106 valence electrons. The van der Waals surface area contributed by atoms with Gasteiger partial charge in [0.1, 0.15) is 5.82 Å². The van der Waals surface area contributed by atoms with Gasteiger partial charge < -0.3 is 20.9 Å². The number of ether oxygens (including phenoxy) is 2. The standard InChI is InChI=1S/C14H18N4O2/c1-3-19-11-6-5-9(7-12(11)20-4-2)10-8-13(15)18-14(16)17-10/h5-8H,3-4H2,1-2H3,(H4,15,16,17,18). The van der Waals surface area contributed by atoms with E-state index in [1.807, 2.05) is 32.0 Å². The largest absolute Gasteiger partial charge is 0.490 e. The average molecular weight is 274 g/mol. The van der Waals surface area contributed by atoms with Crippen molar-refractivity contribution < 1.29 is 9.47 Å². The number of nitrogens with two attached hydrogens (primary N) is 2. The zero-order valence-electron chi connectivity index (χ0n) is 11.6. The van der Waals surface area contributed by atoms with Gasteiger partial charge in [0, 0.05) is 11.6 Å². The van der Waals surface area contributed by atoms with E-state index in [9.17, 15) is 0 Å². The summed E-state index contributed by atoms with van der Waals surface area (Å²) in [6.07, 6.45) is 0. The highest BCUT2D eigenvalue weighted by Crippen LogP contribution is 2.32. The van der Waals surface area contributed by atoms with Crippen molar-refractivity contribution in [2.75, 3.05) is 24.7 Å². The second-order valence-electron chi connectivity index (χ2n) is 4.06. The maximum Gasteiger partial charge on any atom is 0.222 e. The molecule has 0 aliphatic carbocycles. The van der Waals surface area contributed by atoms with Crippen LogP contribution in [0.3, 0.4) is 0 Å². The first-order chi connectivity index (χ1) is 9.63. The molecule has 4 N–H and O–H groups in total. The molecule has 20 heavy (non-hydrogen) atoms. The first kappa shape index (κ1) is 13.9. The number of nitrogen functional groups attached to an aromatic ring is 2. The number of hydrogen-bond donors (Lipinski definition) is 2. The summed E-state index contributed by atoms with van der Waals surface area (Å²) in [5.74, 6) is 1.85. The molecular formula is C14H18N4O2. The van der Waals surface area contributed by atoms with Gasteiger partial charge in [0.2, 0.25) is 5.95 Å². The smallest absolute Gasteiger partial charge is 0.222 e. The van der Waals surface area contributed by atoms with Crippen molar-refractivity contribution in [3.63, 3.8) is 0 Å². The summed E-state index contributed by atoms with van der Waals surface area (Å²) >= 11 is 0. The van der Waals surface area contributed by atoms with Crippen LogP contribution in [-0.4, -0.2) is 23.2 Å². The van der Waals surface area contributed by atoms with E-state index in [4.69, 9.17) is 20.9 Å². The third kappa shape index (κ3) is 3.09. The summed E-state index contributed by atoms with van der Waals surface area (Å²) in [7, 11) is 0. The Kier molecular flexibility index (Phi) is 4.24. The Labute approximate surface area is 117 Å². The molecule has 0 aliphatic heterocycles. The van der Waals surface area contributed by atoms with Crippen LogP contribution in [0.15, 0.2) is 24.3 Å². The minimum absolute atomic E-state index is 0.145. The van der Waals surface area contributed by atoms with Crippen LogP contribution < -0.4 is 20.9 Å². The number of anilines is 2. The summed E-state index contributed by atoms with van der Waals surface area (Å²) in [6, 6.07) is 7.25. The predicted octanol–water partition coefficient (Wildman–Crippen LogP) is 2.11. The lowest BCUT2D eigenvalue weighted by atomic mass is 10.1. The van der Waals surface area contributed by atoms with E-state index in [0.717, 1.165) is 5.56 Å². The van der Waals surface area contributed by atoms with E-state index in [1.165, 1.54) is 0 Å². The molecule has 6 nitrogen and oxygen atoms in total. The van der Waals surface area contributed by atoms with Gasteiger partial charge in [0.15, 0.2) is 11.5 Å². The van der Waals surface area contributed by atoms with Crippen molar-refractivity contribution in [2.45, 2.75) is 13.8 Å². The molecule has 1 aromatic carbocycles.